The molecule has 1 aliphatic rings. The lowest BCUT2D eigenvalue weighted by Gasteiger charge is -2.37. The number of amides is 1. The van der Waals surface area contributed by atoms with Crippen LogP contribution in [0.2, 0.25) is 0 Å². The maximum absolute atomic E-state index is 11.9. The van der Waals surface area contributed by atoms with Gasteiger partial charge in [0.2, 0.25) is 5.91 Å². The van der Waals surface area contributed by atoms with Gasteiger partial charge >= 0.3 is 0 Å². The third-order valence-corrected chi connectivity index (χ3v) is 3.48. The molecule has 1 amide bonds. The van der Waals surface area contributed by atoms with Crippen molar-refractivity contribution in [3.05, 3.63) is 0 Å². The third kappa shape index (κ3) is 5.47. The van der Waals surface area contributed by atoms with Crippen molar-refractivity contribution in [2.45, 2.75) is 51.7 Å². The van der Waals surface area contributed by atoms with Gasteiger partial charge < -0.3 is 20.5 Å². The maximum atomic E-state index is 11.9. The molecule has 2 unspecified atom stereocenters. The van der Waals surface area contributed by atoms with Crippen LogP contribution in [0.4, 0.5) is 0 Å². The van der Waals surface area contributed by atoms with Gasteiger partial charge in [-0.3, -0.25) is 4.79 Å². The molecule has 2 atom stereocenters. The van der Waals surface area contributed by atoms with Crippen molar-refractivity contribution in [2.24, 2.45) is 11.7 Å². The summed E-state index contributed by atoms with van der Waals surface area (Å²) >= 11 is 0. The quantitative estimate of drug-likeness (QED) is 0.727. The molecule has 0 spiro atoms. The molecule has 5 heteroatoms. The Kier molecular flexibility index (Phi) is 6.75. The lowest BCUT2D eigenvalue weighted by molar-refractivity contribution is -0.165. The van der Waals surface area contributed by atoms with E-state index in [0.29, 0.717) is 25.6 Å². The van der Waals surface area contributed by atoms with Crippen LogP contribution in [0.3, 0.4) is 0 Å². The minimum Gasteiger partial charge on any atom is -0.378 e. The SMILES string of the molecule is CC(C)CCNC(=O)C(C)OC1(CN)CCCOC1. The molecule has 3 N–H and O–H groups in total. The molecule has 0 aromatic heterocycles. The number of nitrogens with two attached hydrogens (primary N) is 1. The van der Waals surface area contributed by atoms with Crippen LogP contribution < -0.4 is 11.1 Å². The van der Waals surface area contributed by atoms with Crippen molar-refractivity contribution >= 4 is 5.91 Å². The Hall–Kier alpha value is -0.650. The number of rotatable bonds is 7. The number of nitrogens with one attached hydrogen (secondary N) is 1. The van der Waals surface area contributed by atoms with Crippen LogP contribution in [0.25, 0.3) is 0 Å². The first kappa shape index (κ1) is 16.4. The first-order chi connectivity index (χ1) is 8.99. The second-order valence-corrected chi connectivity index (χ2v) is 5.78. The van der Waals surface area contributed by atoms with Gasteiger partial charge in [0.15, 0.2) is 0 Å². The highest BCUT2D eigenvalue weighted by Gasteiger charge is 2.35. The van der Waals surface area contributed by atoms with E-state index in [2.05, 4.69) is 19.2 Å². The summed E-state index contributed by atoms with van der Waals surface area (Å²) in [7, 11) is 0. The summed E-state index contributed by atoms with van der Waals surface area (Å²) in [6.45, 7) is 8.35. The molecule has 1 heterocycles. The molecule has 0 aromatic rings. The monoisotopic (exact) mass is 272 g/mol. The Labute approximate surface area is 116 Å². The Balaban J connectivity index is 2.38. The zero-order chi connectivity index (χ0) is 14.3. The fourth-order valence-electron chi connectivity index (χ4n) is 2.19. The molecule has 112 valence electrons. The molecule has 1 rings (SSSR count). The van der Waals surface area contributed by atoms with Crippen molar-refractivity contribution < 1.29 is 14.3 Å². The summed E-state index contributed by atoms with van der Waals surface area (Å²) in [5.74, 6) is 0.512. The number of hydrogen-bond acceptors (Lipinski definition) is 4. The van der Waals surface area contributed by atoms with Gasteiger partial charge in [-0.15, -0.1) is 0 Å². The van der Waals surface area contributed by atoms with Crippen molar-refractivity contribution in [2.75, 3.05) is 26.3 Å². The van der Waals surface area contributed by atoms with E-state index in [9.17, 15) is 4.79 Å². The molecular weight excluding hydrogens is 244 g/mol. The summed E-state index contributed by atoms with van der Waals surface area (Å²) < 4.78 is 11.3. The number of carbonyl (C=O) groups excluding carboxylic acids is 1. The minimum absolute atomic E-state index is 0.0703. The van der Waals surface area contributed by atoms with E-state index >= 15 is 0 Å². The standard InChI is InChI=1S/C14H28N2O3/c1-11(2)5-7-16-13(17)12(3)19-14(9-15)6-4-8-18-10-14/h11-12H,4-10,15H2,1-3H3,(H,16,17). The van der Waals surface area contributed by atoms with Gasteiger partial charge in [-0.25, -0.2) is 0 Å². The Morgan fingerprint density at radius 2 is 2.21 bits per heavy atom. The van der Waals surface area contributed by atoms with E-state index < -0.39 is 11.7 Å². The van der Waals surface area contributed by atoms with Crippen molar-refractivity contribution in [3.63, 3.8) is 0 Å². The largest absolute Gasteiger partial charge is 0.378 e. The van der Waals surface area contributed by atoms with Gasteiger partial charge in [0, 0.05) is 19.7 Å². The molecule has 1 fully saturated rings. The van der Waals surface area contributed by atoms with Crippen LogP contribution >= 0.6 is 0 Å². The summed E-state index contributed by atoms with van der Waals surface area (Å²) in [4.78, 5) is 11.9. The lowest BCUT2D eigenvalue weighted by atomic mass is 9.96. The lowest BCUT2D eigenvalue weighted by Crippen LogP contribution is -2.52. The van der Waals surface area contributed by atoms with Gasteiger partial charge in [0.05, 0.1) is 6.61 Å². The molecule has 5 nitrogen and oxygen atoms in total. The van der Waals surface area contributed by atoms with Crippen molar-refractivity contribution in [3.8, 4) is 0 Å². The van der Waals surface area contributed by atoms with Gasteiger partial charge in [-0.05, 0) is 32.1 Å². The van der Waals surface area contributed by atoms with Crippen molar-refractivity contribution in [1.29, 1.82) is 0 Å². The molecular formula is C14H28N2O3. The minimum atomic E-state index is -0.493. The fraction of sp³-hybridized carbons (Fsp3) is 0.929. The summed E-state index contributed by atoms with van der Waals surface area (Å²) in [5, 5.41) is 2.90. The zero-order valence-corrected chi connectivity index (χ0v) is 12.4. The first-order valence-corrected chi connectivity index (χ1v) is 7.22. The summed E-state index contributed by atoms with van der Waals surface area (Å²) in [6, 6.07) is 0. The first-order valence-electron chi connectivity index (χ1n) is 7.22. The van der Waals surface area contributed by atoms with Gasteiger partial charge in [0.1, 0.15) is 11.7 Å². The molecule has 1 saturated heterocycles. The zero-order valence-electron chi connectivity index (χ0n) is 12.4. The fourth-order valence-corrected chi connectivity index (χ4v) is 2.19. The smallest absolute Gasteiger partial charge is 0.248 e. The molecule has 0 aromatic carbocycles. The van der Waals surface area contributed by atoms with E-state index in [1.54, 1.807) is 6.92 Å². The predicted molar refractivity (Wildman–Crippen MR) is 74.9 cm³/mol. The van der Waals surface area contributed by atoms with Crippen LogP contribution in [0.1, 0.15) is 40.0 Å². The van der Waals surface area contributed by atoms with Crippen LogP contribution in [-0.4, -0.2) is 43.9 Å². The molecule has 0 saturated carbocycles. The van der Waals surface area contributed by atoms with Crippen molar-refractivity contribution in [1.82, 2.24) is 5.32 Å². The van der Waals surface area contributed by atoms with Gasteiger partial charge in [-0.2, -0.15) is 0 Å². The van der Waals surface area contributed by atoms with Gasteiger partial charge in [-0.1, -0.05) is 13.8 Å². The summed E-state index contributed by atoms with van der Waals surface area (Å²) in [5.41, 5.74) is 5.30. The van der Waals surface area contributed by atoms with E-state index in [-0.39, 0.29) is 5.91 Å². The Bertz CT molecular complexity index is 276. The average Bonchev–Trinajstić information content (AvgIpc) is 2.39. The second kappa shape index (κ2) is 7.82. The third-order valence-electron chi connectivity index (χ3n) is 3.48. The van der Waals surface area contributed by atoms with Crippen LogP contribution in [-0.2, 0) is 14.3 Å². The Morgan fingerprint density at radius 1 is 1.47 bits per heavy atom. The molecule has 0 radical (unpaired) electrons. The number of ether oxygens (including phenoxy) is 2. The van der Waals surface area contributed by atoms with Gasteiger partial charge in [0.25, 0.3) is 0 Å². The highest BCUT2D eigenvalue weighted by molar-refractivity contribution is 5.80. The topological polar surface area (TPSA) is 73.6 Å². The highest BCUT2D eigenvalue weighted by Crippen LogP contribution is 2.24. The van der Waals surface area contributed by atoms with E-state index in [1.807, 2.05) is 0 Å². The number of hydrogen-bond donors (Lipinski definition) is 2. The highest BCUT2D eigenvalue weighted by atomic mass is 16.6. The molecule has 19 heavy (non-hydrogen) atoms. The molecule has 1 aliphatic heterocycles. The second-order valence-electron chi connectivity index (χ2n) is 5.78. The predicted octanol–water partition coefficient (Wildman–Crippen LogP) is 1.06. The van der Waals surface area contributed by atoms with Crippen LogP contribution in [0, 0.1) is 5.92 Å². The maximum Gasteiger partial charge on any atom is 0.248 e. The molecule has 0 bridgehead atoms. The normalized spacial score (nSPS) is 25.3. The van der Waals surface area contributed by atoms with E-state index in [1.165, 1.54) is 0 Å². The Morgan fingerprint density at radius 3 is 2.74 bits per heavy atom. The average molecular weight is 272 g/mol. The van der Waals surface area contributed by atoms with Crippen LogP contribution in [0.15, 0.2) is 0 Å². The molecule has 0 aliphatic carbocycles. The summed E-state index contributed by atoms with van der Waals surface area (Å²) in [6.07, 6.45) is 2.27. The number of carbonyl (C=O) groups is 1. The van der Waals surface area contributed by atoms with E-state index in [0.717, 1.165) is 25.9 Å². The van der Waals surface area contributed by atoms with E-state index in [4.69, 9.17) is 15.2 Å². The van der Waals surface area contributed by atoms with Crippen LogP contribution in [0.5, 0.6) is 0 Å².